The first kappa shape index (κ1) is 16.6. The number of aromatic nitrogens is 1. The van der Waals surface area contributed by atoms with Crippen LogP contribution in [-0.2, 0) is 6.54 Å². The fraction of sp³-hybridized carbons (Fsp3) is 0.100. The summed E-state index contributed by atoms with van der Waals surface area (Å²) in [5.41, 5.74) is 2.67. The van der Waals surface area contributed by atoms with Gasteiger partial charge in [-0.05, 0) is 35.9 Å². The van der Waals surface area contributed by atoms with Gasteiger partial charge in [0.25, 0.3) is 5.91 Å². The molecule has 1 heterocycles. The second kappa shape index (κ2) is 7.57. The quantitative estimate of drug-likeness (QED) is 0.759. The van der Waals surface area contributed by atoms with E-state index in [2.05, 4.69) is 10.3 Å². The van der Waals surface area contributed by atoms with Crippen LogP contribution < -0.4 is 5.32 Å². The molecule has 0 aliphatic rings. The molecule has 0 saturated heterocycles. The molecule has 0 unspecified atom stereocenters. The van der Waals surface area contributed by atoms with Crippen LogP contribution in [0.2, 0.25) is 0 Å². The van der Waals surface area contributed by atoms with Crippen LogP contribution in [0.3, 0.4) is 0 Å². The smallest absolute Gasteiger partial charge is 0.272 e. The van der Waals surface area contributed by atoms with Crippen molar-refractivity contribution in [1.29, 1.82) is 0 Å². The fourth-order valence-electron chi connectivity index (χ4n) is 2.48. The molecule has 0 spiro atoms. The Morgan fingerprint density at radius 1 is 1.04 bits per heavy atom. The highest BCUT2D eigenvalue weighted by Crippen LogP contribution is 2.18. The predicted molar refractivity (Wildman–Crippen MR) is 96.2 cm³/mol. The minimum absolute atomic E-state index is 0.174. The van der Waals surface area contributed by atoms with Gasteiger partial charge in [0.2, 0.25) is 0 Å². The van der Waals surface area contributed by atoms with Crippen LogP contribution >= 0.6 is 0 Å². The zero-order chi connectivity index (χ0) is 17.6. The van der Waals surface area contributed by atoms with Gasteiger partial charge in [-0.25, -0.2) is 4.39 Å². The van der Waals surface area contributed by atoms with Gasteiger partial charge in [0.1, 0.15) is 11.5 Å². The number of amides is 1. The highest BCUT2D eigenvalue weighted by Gasteiger charge is 2.14. The number of benzene rings is 2. The maximum atomic E-state index is 13.3. The van der Waals surface area contributed by atoms with E-state index in [0.29, 0.717) is 23.6 Å². The van der Waals surface area contributed by atoms with E-state index in [1.807, 2.05) is 30.3 Å². The molecule has 1 N–H and O–H groups in total. The first-order chi connectivity index (χ1) is 12.1. The number of pyridine rings is 1. The molecule has 1 amide bonds. The van der Waals surface area contributed by atoms with E-state index < -0.39 is 0 Å². The molecular formula is C20H18FN3O. The topological polar surface area (TPSA) is 45.2 Å². The van der Waals surface area contributed by atoms with Crippen molar-refractivity contribution >= 4 is 17.3 Å². The molecule has 1 aromatic heterocycles. The third-order valence-electron chi connectivity index (χ3n) is 3.70. The Morgan fingerprint density at radius 3 is 2.56 bits per heavy atom. The molecule has 4 nitrogen and oxygen atoms in total. The molecular weight excluding hydrogens is 317 g/mol. The van der Waals surface area contributed by atoms with E-state index in [0.717, 1.165) is 5.56 Å². The van der Waals surface area contributed by atoms with Crippen molar-refractivity contribution < 1.29 is 9.18 Å². The lowest BCUT2D eigenvalue weighted by molar-refractivity contribution is 0.0779. The van der Waals surface area contributed by atoms with E-state index in [-0.39, 0.29) is 11.7 Å². The van der Waals surface area contributed by atoms with Crippen molar-refractivity contribution in [2.24, 2.45) is 0 Å². The minimum atomic E-state index is -0.321. The van der Waals surface area contributed by atoms with Crippen LogP contribution in [0.25, 0.3) is 0 Å². The van der Waals surface area contributed by atoms with Crippen LogP contribution in [0.5, 0.6) is 0 Å². The number of nitrogens with one attached hydrogen (secondary N) is 1. The number of hydrogen-bond donors (Lipinski definition) is 1. The largest absolute Gasteiger partial charge is 0.355 e. The number of rotatable bonds is 5. The molecule has 25 heavy (non-hydrogen) atoms. The molecule has 3 rings (SSSR count). The van der Waals surface area contributed by atoms with Gasteiger partial charge in [-0.15, -0.1) is 0 Å². The summed E-state index contributed by atoms with van der Waals surface area (Å²) in [6, 6.07) is 19.3. The Kier molecular flexibility index (Phi) is 5.04. The first-order valence-electron chi connectivity index (χ1n) is 7.90. The van der Waals surface area contributed by atoms with Gasteiger partial charge in [-0.3, -0.25) is 9.78 Å². The van der Waals surface area contributed by atoms with Gasteiger partial charge in [0.05, 0.1) is 0 Å². The maximum absolute atomic E-state index is 13.3. The number of halogens is 1. The third-order valence-corrected chi connectivity index (χ3v) is 3.70. The van der Waals surface area contributed by atoms with Crippen molar-refractivity contribution in [3.8, 4) is 0 Å². The summed E-state index contributed by atoms with van der Waals surface area (Å²) in [6.07, 6.45) is 1.56. The average Bonchev–Trinajstić information content (AvgIpc) is 2.62. The summed E-state index contributed by atoms with van der Waals surface area (Å²) in [7, 11) is 1.74. The molecule has 0 aliphatic heterocycles. The van der Waals surface area contributed by atoms with Gasteiger partial charge < -0.3 is 10.2 Å². The number of carbonyl (C=O) groups excluding carboxylic acids is 1. The molecule has 5 heteroatoms. The van der Waals surface area contributed by atoms with Crippen LogP contribution in [0.4, 0.5) is 15.8 Å². The van der Waals surface area contributed by atoms with Crippen molar-refractivity contribution in [3.05, 3.63) is 90.0 Å². The van der Waals surface area contributed by atoms with Crippen molar-refractivity contribution in [2.45, 2.75) is 6.54 Å². The lowest BCUT2D eigenvalue weighted by Gasteiger charge is -2.17. The van der Waals surface area contributed by atoms with Crippen molar-refractivity contribution in [1.82, 2.24) is 9.88 Å². The predicted octanol–water partition coefficient (Wildman–Crippen LogP) is 4.24. The first-order valence-corrected chi connectivity index (χ1v) is 7.90. The maximum Gasteiger partial charge on any atom is 0.272 e. The Balaban J connectivity index is 1.73. The molecule has 0 fully saturated rings. The molecule has 0 saturated carbocycles. The van der Waals surface area contributed by atoms with Crippen LogP contribution in [0.15, 0.2) is 72.9 Å². The summed E-state index contributed by atoms with van der Waals surface area (Å²) in [4.78, 5) is 18.4. The summed E-state index contributed by atoms with van der Waals surface area (Å²) in [6.45, 7) is 0.503. The van der Waals surface area contributed by atoms with Gasteiger partial charge in [0.15, 0.2) is 0 Å². The Morgan fingerprint density at radius 2 is 1.80 bits per heavy atom. The average molecular weight is 335 g/mol. The van der Waals surface area contributed by atoms with E-state index in [9.17, 15) is 9.18 Å². The third kappa shape index (κ3) is 4.41. The van der Waals surface area contributed by atoms with Crippen LogP contribution in [0.1, 0.15) is 16.1 Å². The Hall–Kier alpha value is -3.21. The Bertz CT molecular complexity index is 868. The number of carbonyl (C=O) groups is 1. The second-order valence-electron chi connectivity index (χ2n) is 5.71. The van der Waals surface area contributed by atoms with Gasteiger partial charge >= 0.3 is 0 Å². The molecule has 0 bridgehead atoms. The summed E-state index contributed by atoms with van der Waals surface area (Å²) in [5.74, 6) is -0.496. The molecule has 126 valence electrons. The number of anilines is 2. The molecule has 0 radical (unpaired) electrons. The lowest BCUT2D eigenvalue weighted by atomic mass is 10.2. The van der Waals surface area contributed by atoms with E-state index in [1.165, 1.54) is 12.1 Å². The van der Waals surface area contributed by atoms with E-state index >= 15 is 0 Å². The van der Waals surface area contributed by atoms with Gasteiger partial charge in [-0.2, -0.15) is 0 Å². The standard InChI is InChI=1S/C20H18FN3O/c1-24(14-15-6-3-2-4-7-15)20(25)19-13-18(10-11-22-19)23-17-9-5-8-16(21)12-17/h2-13H,14H2,1H3,(H,22,23). The van der Waals surface area contributed by atoms with E-state index in [4.69, 9.17) is 0 Å². The summed E-state index contributed by atoms with van der Waals surface area (Å²) < 4.78 is 13.3. The van der Waals surface area contributed by atoms with Crippen molar-refractivity contribution in [3.63, 3.8) is 0 Å². The number of nitrogens with zero attached hydrogens (tertiary/aromatic N) is 2. The monoisotopic (exact) mass is 335 g/mol. The zero-order valence-corrected chi connectivity index (χ0v) is 13.8. The normalized spacial score (nSPS) is 10.3. The summed E-state index contributed by atoms with van der Waals surface area (Å²) in [5, 5.41) is 3.08. The minimum Gasteiger partial charge on any atom is -0.355 e. The SMILES string of the molecule is CN(Cc1ccccc1)C(=O)c1cc(Nc2cccc(F)c2)ccn1. The molecule has 3 aromatic rings. The lowest BCUT2D eigenvalue weighted by Crippen LogP contribution is -2.27. The highest BCUT2D eigenvalue weighted by molar-refractivity contribution is 5.93. The second-order valence-corrected chi connectivity index (χ2v) is 5.71. The van der Waals surface area contributed by atoms with E-state index in [1.54, 1.807) is 42.4 Å². The molecule has 0 atom stereocenters. The van der Waals surface area contributed by atoms with Crippen molar-refractivity contribution in [2.75, 3.05) is 12.4 Å². The highest BCUT2D eigenvalue weighted by atomic mass is 19.1. The van der Waals surface area contributed by atoms with Gasteiger partial charge in [-0.1, -0.05) is 36.4 Å². The Labute approximate surface area is 145 Å². The van der Waals surface area contributed by atoms with Crippen LogP contribution in [-0.4, -0.2) is 22.8 Å². The zero-order valence-electron chi connectivity index (χ0n) is 13.8. The number of hydrogen-bond acceptors (Lipinski definition) is 3. The summed E-state index contributed by atoms with van der Waals surface area (Å²) >= 11 is 0. The molecule has 0 aliphatic carbocycles. The van der Waals surface area contributed by atoms with Crippen LogP contribution in [0, 0.1) is 5.82 Å². The molecule has 2 aromatic carbocycles. The fourth-order valence-corrected chi connectivity index (χ4v) is 2.48. The van der Waals surface area contributed by atoms with Gasteiger partial charge in [0, 0.05) is 31.2 Å².